The molecule has 1 heterocycles. The van der Waals surface area contributed by atoms with Gasteiger partial charge in [-0.2, -0.15) is 15.0 Å². The lowest BCUT2D eigenvalue weighted by Gasteiger charge is -2.12. The Hall–Kier alpha value is -3.34. The van der Waals surface area contributed by atoms with Gasteiger partial charge in [-0.1, -0.05) is 0 Å². The zero-order chi connectivity index (χ0) is 21.7. The normalized spacial score (nSPS) is 11.7. The molecule has 156 valence electrons. The van der Waals surface area contributed by atoms with Crippen molar-refractivity contribution in [2.45, 2.75) is 17.9 Å². The second kappa shape index (κ2) is 9.44. The summed E-state index contributed by atoms with van der Waals surface area (Å²) in [6, 6.07) is 8.74. The van der Waals surface area contributed by atoms with E-state index in [1.807, 2.05) is 0 Å². The molecule has 30 heavy (non-hydrogen) atoms. The number of amides is 1. The highest BCUT2D eigenvalue weighted by Crippen LogP contribution is 2.20. The Bertz CT molecular complexity index is 1050. The average molecular weight is 434 g/mol. The molecule has 1 aromatic heterocycles. The highest BCUT2D eigenvalue weighted by atomic mass is 32.2. The summed E-state index contributed by atoms with van der Waals surface area (Å²) in [4.78, 5) is 24.5. The van der Waals surface area contributed by atoms with Gasteiger partial charge in [-0.25, -0.2) is 13.2 Å². The molecule has 3 rings (SSSR count). The van der Waals surface area contributed by atoms with Crippen LogP contribution in [-0.2, 0) is 10.5 Å². The summed E-state index contributed by atoms with van der Waals surface area (Å²) in [5.74, 6) is -2.04. The number of nitrogen functional groups attached to an aromatic ring is 1. The highest BCUT2D eigenvalue weighted by molar-refractivity contribution is 7.99. The van der Waals surface area contributed by atoms with Crippen molar-refractivity contribution < 1.29 is 18.0 Å². The zero-order valence-corrected chi connectivity index (χ0v) is 16.5. The van der Waals surface area contributed by atoms with Crippen molar-refractivity contribution in [2.75, 3.05) is 16.4 Å². The lowest BCUT2D eigenvalue weighted by Crippen LogP contribution is -2.23. The molecule has 0 saturated carbocycles. The van der Waals surface area contributed by atoms with E-state index in [1.165, 1.54) is 42.1 Å². The topological polar surface area (TPSA) is 106 Å². The first-order valence-electron chi connectivity index (χ1n) is 8.70. The highest BCUT2D eigenvalue weighted by Gasteiger charge is 2.16. The number of anilines is 4. The number of hydrogen-bond acceptors (Lipinski definition) is 7. The Kier molecular flexibility index (Phi) is 6.72. The Morgan fingerprint density at radius 1 is 1.03 bits per heavy atom. The number of rotatable bonds is 7. The molecule has 1 amide bonds. The van der Waals surface area contributed by atoms with Crippen LogP contribution in [-0.4, -0.2) is 26.1 Å². The van der Waals surface area contributed by atoms with Gasteiger partial charge in [-0.05, 0) is 43.3 Å². The Morgan fingerprint density at radius 3 is 2.43 bits per heavy atom. The maximum atomic E-state index is 13.3. The van der Waals surface area contributed by atoms with Gasteiger partial charge < -0.3 is 16.4 Å². The standard InChI is InChI=1S/C19H17F3N6OS/c1-10(17(29)24-13-6-7-14(21)15(22)8-13)30-9-16-26-18(23)28-19(27-16)25-12-4-2-11(20)3-5-12/h2-8,10H,9H2,1H3,(H,24,29)(H3,23,25,26,27,28)/t10-/m1/s1. The number of thioether (sulfide) groups is 1. The molecule has 0 radical (unpaired) electrons. The summed E-state index contributed by atoms with van der Waals surface area (Å²) < 4.78 is 39.3. The van der Waals surface area contributed by atoms with Gasteiger partial charge in [0.05, 0.1) is 11.0 Å². The fourth-order valence-corrected chi connectivity index (χ4v) is 3.05. The van der Waals surface area contributed by atoms with Crippen molar-refractivity contribution in [3.8, 4) is 0 Å². The number of nitrogens with one attached hydrogen (secondary N) is 2. The fourth-order valence-electron chi connectivity index (χ4n) is 2.31. The average Bonchev–Trinajstić information content (AvgIpc) is 2.70. The van der Waals surface area contributed by atoms with Crippen LogP contribution in [0.3, 0.4) is 0 Å². The SMILES string of the molecule is C[C@@H](SCc1nc(N)nc(Nc2ccc(F)cc2)n1)C(=O)Nc1ccc(F)c(F)c1. The van der Waals surface area contributed by atoms with Crippen molar-refractivity contribution >= 4 is 40.9 Å². The van der Waals surface area contributed by atoms with Crippen LogP contribution in [0.4, 0.5) is 36.4 Å². The lowest BCUT2D eigenvalue weighted by atomic mass is 10.3. The molecule has 7 nitrogen and oxygen atoms in total. The van der Waals surface area contributed by atoms with Gasteiger partial charge in [0.2, 0.25) is 17.8 Å². The quantitative estimate of drug-likeness (QED) is 0.518. The van der Waals surface area contributed by atoms with Gasteiger partial charge >= 0.3 is 0 Å². The van der Waals surface area contributed by atoms with Crippen LogP contribution < -0.4 is 16.4 Å². The largest absolute Gasteiger partial charge is 0.368 e. The Morgan fingerprint density at radius 2 is 1.73 bits per heavy atom. The predicted molar refractivity (Wildman–Crippen MR) is 110 cm³/mol. The van der Waals surface area contributed by atoms with Crippen molar-refractivity contribution in [1.29, 1.82) is 0 Å². The van der Waals surface area contributed by atoms with Crippen LogP contribution in [0.15, 0.2) is 42.5 Å². The van der Waals surface area contributed by atoms with Crippen molar-refractivity contribution in [3.63, 3.8) is 0 Å². The summed E-state index contributed by atoms with van der Waals surface area (Å²) in [6.45, 7) is 1.65. The summed E-state index contributed by atoms with van der Waals surface area (Å²) in [7, 11) is 0. The van der Waals surface area contributed by atoms with Gasteiger partial charge in [0.1, 0.15) is 11.6 Å². The van der Waals surface area contributed by atoms with Crippen LogP contribution in [0.25, 0.3) is 0 Å². The van der Waals surface area contributed by atoms with Gasteiger partial charge in [-0.15, -0.1) is 11.8 Å². The number of halogens is 3. The molecule has 0 unspecified atom stereocenters. The first-order valence-corrected chi connectivity index (χ1v) is 9.75. The van der Waals surface area contributed by atoms with Crippen molar-refractivity contribution in [2.24, 2.45) is 0 Å². The Balaban J connectivity index is 1.60. The minimum Gasteiger partial charge on any atom is -0.368 e. The van der Waals surface area contributed by atoms with Crippen LogP contribution in [0.5, 0.6) is 0 Å². The number of carbonyl (C=O) groups is 1. The van der Waals surface area contributed by atoms with E-state index >= 15 is 0 Å². The van der Waals surface area contributed by atoms with E-state index in [2.05, 4.69) is 25.6 Å². The molecule has 0 bridgehead atoms. The number of nitrogens with zero attached hydrogens (tertiary/aromatic N) is 3. The predicted octanol–water partition coefficient (Wildman–Crippen LogP) is 3.88. The van der Waals surface area contributed by atoms with Crippen LogP contribution in [0, 0.1) is 17.5 Å². The molecule has 0 saturated heterocycles. The van der Waals surface area contributed by atoms with Crippen LogP contribution in [0.1, 0.15) is 12.7 Å². The van der Waals surface area contributed by atoms with Crippen molar-refractivity contribution in [1.82, 2.24) is 15.0 Å². The third kappa shape index (κ3) is 5.83. The number of nitrogens with two attached hydrogens (primary N) is 1. The van der Waals surface area contributed by atoms with Gasteiger partial charge in [0, 0.05) is 17.4 Å². The molecule has 4 N–H and O–H groups in total. The molecule has 3 aromatic rings. The maximum absolute atomic E-state index is 13.3. The van der Waals surface area contributed by atoms with Gasteiger partial charge in [0.25, 0.3) is 0 Å². The van der Waals surface area contributed by atoms with E-state index in [9.17, 15) is 18.0 Å². The molecule has 0 aliphatic carbocycles. The minimum absolute atomic E-state index is 0.0101. The summed E-state index contributed by atoms with van der Waals surface area (Å²) in [5, 5.41) is 4.88. The number of hydrogen-bond donors (Lipinski definition) is 3. The molecule has 0 aliphatic heterocycles. The second-order valence-corrected chi connectivity index (χ2v) is 7.47. The summed E-state index contributed by atoms with van der Waals surface area (Å²) in [5.41, 5.74) is 6.44. The minimum atomic E-state index is -1.05. The third-order valence-electron chi connectivity index (χ3n) is 3.82. The summed E-state index contributed by atoms with van der Waals surface area (Å²) >= 11 is 1.22. The first-order chi connectivity index (χ1) is 14.3. The maximum Gasteiger partial charge on any atom is 0.237 e. The third-order valence-corrected chi connectivity index (χ3v) is 4.96. The lowest BCUT2D eigenvalue weighted by molar-refractivity contribution is -0.115. The smallest absolute Gasteiger partial charge is 0.237 e. The van der Waals surface area contributed by atoms with Gasteiger partial charge in [0.15, 0.2) is 11.6 Å². The Labute approximate surface area is 174 Å². The van der Waals surface area contributed by atoms with Crippen LogP contribution >= 0.6 is 11.8 Å². The van der Waals surface area contributed by atoms with E-state index in [1.54, 1.807) is 6.92 Å². The first kappa shape index (κ1) is 21.4. The molecule has 11 heteroatoms. The molecule has 0 aliphatic rings. The van der Waals surface area contributed by atoms with Crippen molar-refractivity contribution in [3.05, 3.63) is 65.7 Å². The van der Waals surface area contributed by atoms with E-state index in [0.717, 1.165) is 12.1 Å². The number of benzene rings is 2. The van der Waals surface area contributed by atoms with Crippen LogP contribution in [0.2, 0.25) is 0 Å². The zero-order valence-electron chi connectivity index (χ0n) is 15.7. The van der Waals surface area contributed by atoms with E-state index in [0.29, 0.717) is 11.5 Å². The molecule has 1 atom stereocenters. The molecule has 0 spiro atoms. The summed E-state index contributed by atoms with van der Waals surface area (Å²) in [6.07, 6.45) is 0. The fraction of sp³-hybridized carbons (Fsp3) is 0.158. The number of aromatic nitrogens is 3. The molecule has 2 aromatic carbocycles. The van der Waals surface area contributed by atoms with Gasteiger partial charge in [-0.3, -0.25) is 4.79 Å². The van der Waals surface area contributed by atoms with E-state index in [4.69, 9.17) is 5.73 Å². The van der Waals surface area contributed by atoms with E-state index < -0.39 is 22.8 Å². The number of carbonyl (C=O) groups excluding carboxylic acids is 1. The molecule has 0 fully saturated rings. The molecular weight excluding hydrogens is 417 g/mol. The van der Waals surface area contributed by atoms with E-state index in [-0.39, 0.29) is 29.2 Å². The molecular formula is C19H17F3N6OS. The second-order valence-electron chi connectivity index (χ2n) is 6.14. The monoisotopic (exact) mass is 434 g/mol.